The minimum atomic E-state index is -0.580. The molecule has 1 atom stereocenters. The number of thiophene rings is 1. The van der Waals surface area contributed by atoms with Gasteiger partial charge < -0.3 is 10.5 Å². The molecular weight excluding hydrogens is 272 g/mol. The normalized spacial score (nSPS) is 12.2. The summed E-state index contributed by atoms with van der Waals surface area (Å²) in [4.78, 5) is 17.5. The van der Waals surface area contributed by atoms with Gasteiger partial charge in [-0.25, -0.2) is 0 Å². The van der Waals surface area contributed by atoms with Crippen LogP contribution in [0.4, 0.5) is 0 Å². The second-order valence-corrected chi connectivity index (χ2v) is 5.66. The van der Waals surface area contributed by atoms with E-state index in [2.05, 4.69) is 4.98 Å². The van der Waals surface area contributed by atoms with Crippen molar-refractivity contribution in [1.82, 2.24) is 4.98 Å². The van der Waals surface area contributed by atoms with Crippen molar-refractivity contribution in [3.63, 3.8) is 0 Å². The Labute approximate surface area is 122 Å². The molecule has 106 valence electrons. The van der Waals surface area contributed by atoms with Crippen molar-refractivity contribution in [3.8, 4) is 5.75 Å². The minimum Gasteiger partial charge on any atom is -0.496 e. The van der Waals surface area contributed by atoms with E-state index in [9.17, 15) is 4.79 Å². The largest absolute Gasteiger partial charge is 0.496 e. The number of hydrogen-bond acceptors (Lipinski definition) is 5. The van der Waals surface area contributed by atoms with Gasteiger partial charge >= 0.3 is 0 Å². The molecule has 1 unspecified atom stereocenters. The van der Waals surface area contributed by atoms with Gasteiger partial charge in [-0.05, 0) is 25.3 Å². The van der Waals surface area contributed by atoms with Crippen LogP contribution in [0.5, 0.6) is 5.75 Å². The molecule has 0 saturated heterocycles. The maximum absolute atomic E-state index is 12.2. The Kier molecular flexibility index (Phi) is 4.52. The first kappa shape index (κ1) is 14.7. The van der Waals surface area contributed by atoms with Gasteiger partial charge in [-0.1, -0.05) is 6.07 Å². The van der Waals surface area contributed by atoms with E-state index in [1.54, 1.807) is 13.3 Å². The molecule has 2 aromatic rings. The van der Waals surface area contributed by atoms with Crippen LogP contribution in [-0.2, 0) is 11.2 Å². The van der Waals surface area contributed by atoms with E-state index < -0.39 is 6.04 Å². The summed E-state index contributed by atoms with van der Waals surface area (Å²) in [5, 5.41) is 1.92. The summed E-state index contributed by atoms with van der Waals surface area (Å²) in [6, 6.07) is 3.19. The van der Waals surface area contributed by atoms with Crippen LogP contribution in [0.2, 0.25) is 0 Å². The van der Waals surface area contributed by atoms with Crippen molar-refractivity contribution in [2.24, 2.45) is 5.73 Å². The van der Waals surface area contributed by atoms with Gasteiger partial charge in [0, 0.05) is 22.2 Å². The molecule has 0 bridgehead atoms. The Morgan fingerprint density at radius 3 is 2.85 bits per heavy atom. The number of aromatic nitrogens is 1. The minimum absolute atomic E-state index is 0.0334. The molecule has 0 aliphatic carbocycles. The molecule has 0 aliphatic heterocycles. The maximum Gasteiger partial charge on any atom is 0.160 e. The molecule has 0 amide bonds. The lowest BCUT2D eigenvalue weighted by Gasteiger charge is -2.13. The quantitative estimate of drug-likeness (QED) is 0.919. The molecule has 0 spiro atoms. The van der Waals surface area contributed by atoms with E-state index in [1.807, 2.05) is 31.4 Å². The number of carbonyl (C=O) groups is 1. The van der Waals surface area contributed by atoms with Gasteiger partial charge in [0.2, 0.25) is 0 Å². The second kappa shape index (κ2) is 6.15. The number of nitrogens with two attached hydrogens (primary N) is 1. The fourth-order valence-electron chi connectivity index (χ4n) is 2.15. The molecule has 0 fully saturated rings. The third kappa shape index (κ3) is 2.89. The summed E-state index contributed by atoms with van der Waals surface area (Å²) >= 11 is 1.49. The summed E-state index contributed by atoms with van der Waals surface area (Å²) < 4.78 is 5.35. The highest BCUT2D eigenvalue weighted by molar-refractivity contribution is 7.10. The number of methoxy groups -OCH3 is 1. The van der Waals surface area contributed by atoms with Crippen LogP contribution in [0.3, 0.4) is 0 Å². The van der Waals surface area contributed by atoms with Gasteiger partial charge in [-0.15, -0.1) is 11.3 Å². The highest BCUT2D eigenvalue weighted by Gasteiger charge is 2.20. The topological polar surface area (TPSA) is 65.2 Å². The predicted octanol–water partition coefficient (Wildman–Crippen LogP) is 2.58. The molecule has 20 heavy (non-hydrogen) atoms. The van der Waals surface area contributed by atoms with Gasteiger partial charge in [0.15, 0.2) is 5.78 Å². The van der Waals surface area contributed by atoms with E-state index in [4.69, 9.17) is 10.5 Å². The van der Waals surface area contributed by atoms with E-state index >= 15 is 0 Å². The number of aryl methyl sites for hydroxylation is 1. The molecule has 0 aromatic carbocycles. The van der Waals surface area contributed by atoms with Crippen LogP contribution in [0.25, 0.3) is 0 Å². The zero-order chi connectivity index (χ0) is 14.7. The molecule has 2 aromatic heterocycles. The molecular formula is C15H18N2O2S. The third-order valence-corrected chi connectivity index (χ3v) is 4.24. The molecule has 2 rings (SSSR count). The van der Waals surface area contributed by atoms with Crippen molar-refractivity contribution in [2.75, 3.05) is 7.11 Å². The third-order valence-electron chi connectivity index (χ3n) is 3.29. The SMILES string of the molecule is COc1c(C)cnc(CC(=O)C(N)c2cccs2)c1C. The predicted molar refractivity (Wildman–Crippen MR) is 80.2 cm³/mol. The number of Topliss-reactive ketones (excluding diaryl/α,β-unsaturated/α-hetero) is 1. The molecule has 0 aliphatic rings. The van der Waals surface area contributed by atoms with Crippen LogP contribution in [0, 0.1) is 13.8 Å². The zero-order valence-corrected chi connectivity index (χ0v) is 12.7. The lowest BCUT2D eigenvalue weighted by molar-refractivity contribution is -0.119. The van der Waals surface area contributed by atoms with Crippen molar-refractivity contribution in [2.45, 2.75) is 26.3 Å². The van der Waals surface area contributed by atoms with E-state index in [-0.39, 0.29) is 12.2 Å². The monoisotopic (exact) mass is 290 g/mol. The van der Waals surface area contributed by atoms with E-state index in [1.165, 1.54) is 11.3 Å². The second-order valence-electron chi connectivity index (χ2n) is 4.68. The smallest absolute Gasteiger partial charge is 0.160 e. The van der Waals surface area contributed by atoms with Gasteiger partial charge in [-0.2, -0.15) is 0 Å². The van der Waals surface area contributed by atoms with Crippen LogP contribution in [0.1, 0.15) is 27.7 Å². The first-order chi connectivity index (χ1) is 9.54. The van der Waals surface area contributed by atoms with Crippen LogP contribution < -0.4 is 10.5 Å². The molecule has 4 nitrogen and oxygen atoms in total. The van der Waals surface area contributed by atoms with Crippen molar-refractivity contribution < 1.29 is 9.53 Å². The average molecular weight is 290 g/mol. The Morgan fingerprint density at radius 2 is 2.25 bits per heavy atom. The number of hydrogen-bond donors (Lipinski definition) is 1. The van der Waals surface area contributed by atoms with Crippen molar-refractivity contribution in [1.29, 1.82) is 0 Å². The highest BCUT2D eigenvalue weighted by Crippen LogP contribution is 2.25. The lowest BCUT2D eigenvalue weighted by atomic mass is 10.0. The number of rotatable bonds is 5. The summed E-state index contributed by atoms with van der Waals surface area (Å²) in [6.07, 6.45) is 1.95. The van der Waals surface area contributed by atoms with Crippen LogP contribution >= 0.6 is 11.3 Å². The van der Waals surface area contributed by atoms with E-state index in [0.717, 1.165) is 27.4 Å². The van der Waals surface area contributed by atoms with Crippen molar-refractivity contribution >= 4 is 17.1 Å². The first-order valence-electron chi connectivity index (χ1n) is 6.35. The molecule has 0 saturated carbocycles. The van der Waals surface area contributed by atoms with Gasteiger partial charge in [0.25, 0.3) is 0 Å². The molecule has 0 radical (unpaired) electrons. The number of ether oxygens (including phenoxy) is 1. The van der Waals surface area contributed by atoms with E-state index in [0.29, 0.717) is 0 Å². The van der Waals surface area contributed by atoms with Crippen LogP contribution in [0.15, 0.2) is 23.7 Å². The average Bonchev–Trinajstić information content (AvgIpc) is 2.95. The van der Waals surface area contributed by atoms with Gasteiger partial charge in [0.1, 0.15) is 5.75 Å². The molecule has 2 N–H and O–H groups in total. The summed E-state index contributed by atoms with van der Waals surface area (Å²) in [5.41, 5.74) is 8.57. The first-order valence-corrected chi connectivity index (χ1v) is 7.23. The fourth-order valence-corrected chi connectivity index (χ4v) is 2.90. The van der Waals surface area contributed by atoms with Gasteiger partial charge in [-0.3, -0.25) is 9.78 Å². The fraction of sp³-hybridized carbons (Fsp3) is 0.333. The lowest BCUT2D eigenvalue weighted by Crippen LogP contribution is -2.23. The van der Waals surface area contributed by atoms with Crippen molar-refractivity contribution in [3.05, 3.63) is 45.4 Å². The summed E-state index contributed by atoms with van der Waals surface area (Å²) in [5.74, 6) is 0.751. The maximum atomic E-state index is 12.2. The van der Waals surface area contributed by atoms with Gasteiger partial charge in [0.05, 0.1) is 25.3 Å². The van der Waals surface area contributed by atoms with Crippen LogP contribution in [-0.4, -0.2) is 17.9 Å². The summed E-state index contributed by atoms with van der Waals surface area (Å²) in [6.45, 7) is 3.85. The summed E-state index contributed by atoms with van der Waals surface area (Å²) in [7, 11) is 1.62. The standard InChI is InChI=1S/C15H18N2O2S/c1-9-8-17-11(10(2)15(9)19-3)7-12(18)14(16)13-5-4-6-20-13/h4-6,8,14H,7,16H2,1-3H3. The number of carbonyl (C=O) groups excluding carboxylic acids is 1. The Balaban J connectivity index is 2.20. The number of pyridine rings is 1. The number of nitrogens with zero attached hydrogens (tertiary/aromatic N) is 1. The zero-order valence-electron chi connectivity index (χ0n) is 11.8. The Hall–Kier alpha value is -1.72. The number of ketones is 1. The Morgan fingerprint density at radius 1 is 1.50 bits per heavy atom. The highest BCUT2D eigenvalue weighted by atomic mass is 32.1. The Bertz CT molecular complexity index is 609. The molecule has 2 heterocycles. The molecule has 5 heteroatoms.